The summed E-state index contributed by atoms with van der Waals surface area (Å²) in [6, 6.07) is 6.62. The zero-order valence-electron chi connectivity index (χ0n) is 13.5. The summed E-state index contributed by atoms with van der Waals surface area (Å²) in [6.45, 7) is 2.11. The smallest absolute Gasteiger partial charge is 0.245 e. The third-order valence-electron chi connectivity index (χ3n) is 3.85. The summed E-state index contributed by atoms with van der Waals surface area (Å²) in [5.41, 5.74) is 0.627. The molecule has 3 rings (SSSR count). The maximum Gasteiger partial charge on any atom is 0.245 e. The summed E-state index contributed by atoms with van der Waals surface area (Å²) in [5.74, 6) is 0.307. The van der Waals surface area contributed by atoms with Crippen LogP contribution in [0, 0.1) is 6.92 Å². The third-order valence-corrected chi connectivity index (χ3v) is 6.61. The first-order valence-corrected chi connectivity index (χ1v) is 9.97. The Labute approximate surface area is 156 Å². The van der Waals surface area contributed by atoms with E-state index in [4.69, 9.17) is 27.9 Å². The van der Waals surface area contributed by atoms with Crippen LogP contribution in [0.25, 0.3) is 0 Å². The van der Waals surface area contributed by atoms with Crippen LogP contribution in [0.4, 0.5) is 0 Å². The van der Waals surface area contributed by atoms with Crippen molar-refractivity contribution in [3.8, 4) is 5.88 Å². The van der Waals surface area contributed by atoms with Crippen LogP contribution in [-0.2, 0) is 10.0 Å². The quantitative estimate of drug-likeness (QED) is 0.665. The van der Waals surface area contributed by atoms with E-state index < -0.39 is 10.0 Å². The van der Waals surface area contributed by atoms with E-state index >= 15 is 0 Å². The number of halogens is 2. The fourth-order valence-electron chi connectivity index (χ4n) is 2.56. The molecule has 0 radical (unpaired) electrons. The summed E-state index contributed by atoms with van der Waals surface area (Å²) in [6.07, 6.45) is 3.15. The van der Waals surface area contributed by atoms with Crippen LogP contribution in [0.1, 0.15) is 18.4 Å². The van der Waals surface area contributed by atoms with E-state index in [9.17, 15) is 8.42 Å². The van der Waals surface area contributed by atoms with Crippen molar-refractivity contribution < 1.29 is 13.2 Å². The average Bonchev–Trinajstić information content (AvgIpc) is 3.35. The lowest BCUT2D eigenvalue weighted by Crippen LogP contribution is -2.37. The molecule has 0 saturated heterocycles. The molecule has 0 aliphatic heterocycles. The van der Waals surface area contributed by atoms with Crippen LogP contribution in [0.2, 0.25) is 10.3 Å². The second-order valence-corrected chi connectivity index (χ2v) is 8.32. The molecular weight excluding hydrogens is 385 g/mol. The first-order valence-electron chi connectivity index (χ1n) is 7.78. The lowest BCUT2D eigenvalue weighted by molar-refractivity contribution is 0.261. The van der Waals surface area contributed by atoms with Crippen molar-refractivity contribution in [1.29, 1.82) is 0 Å². The molecule has 134 valence electrons. The van der Waals surface area contributed by atoms with Crippen molar-refractivity contribution in [3.05, 3.63) is 46.3 Å². The molecule has 0 bridgehead atoms. The second-order valence-electron chi connectivity index (χ2n) is 5.75. The molecule has 0 N–H and O–H groups in total. The van der Waals surface area contributed by atoms with Crippen molar-refractivity contribution in [3.63, 3.8) is 0 Å². The molecule has 1 aromatic heterocycles. The maximum atomic E-state index is 13.1. The normalized spacial score (nSPS) is 14.7. The molecule has 0 spiro atoms. The minimum atomic E-state index is -3.70. The number of aromatic nitrogens is 2. The highest BCUT2D eigenvalue weighted by atomic mass is 35.5. The number of sulfonamides is 1. The van der Waals surface area contributed by atoms with Gasteiger partial charge in [0.15, 0.2) is 0 Å². The number of aryl methyl sites for hydroxylation is 1. The molecular formula is C16H17Cl2N3O3S. The Bertz CT molecular complexity index is 852. The average molecular weight is 402 g/mol. The van der Waals surface area contributed by atoms with E-state index in [-0.39, 0.29) is 34.4 Å². The maximum absolute atomic E-state index is 13.1. The van der Waals surface area contributed by atoms with Crippen LogP contribution in [0.5, 0.6) is 5.88 Å². The van der Waals surface area contributed by atoms with Crippen LogP contribution in [0.15, 0.2) is 35.4 Å². The Kier molecular flexibility index (Phi) is 5.48. The topological polar surface area (TPSA) is 72.4 Å². The van der Waals surface area contributed by atoms with Gasteiger partial charge in [-0.2, -0.15) is 9.29 Å². The summed E-state index contributed by atoms with van der Waals surface area (Å²) in [4.78, 5) is 7.86. The van der Waals surface area contributed by atoms with Gasteiger partial charge in [-0.1, -0.05) is 23.7 Å². The first-order chi connectivity index (χ1) is 11.9. The number of rotatable bonds is 7. The van der Waals surface area contributed by atoms with Gasteiger partial charge in [-0.3, -0.25) is 0 Å². The third kappa shape index (κ3) is 4.23. The van der Waals surface area contributed by atoms with Gasteiger partial charge < -0.3 is 4.74 Å². The summed E-state index contributed by atoms with van der Waals surface area (Å²) >= 11 is 11.9. The highest BCUT2D eigenvalue weighted by molar-refractivity contribution is 7.89. The van der Waals surface area contributed by atoms with Gasteiger partial charge in [0.2, 0.25) is 21.2 Å². The van der Waals surface area contributed by atoms with Gasteiger partial charge in [-0.25, -0.2) is 13.4 Å². The molecule has 0 unspecified atom stereocenters. The van der Waals surface area contributed by atoms with Gasteiger partial charge in [0.1, 0.15) is 11.5 Å². The van der Waals surface area contributed by atoms with Crippen molar-refractivity contribution in [2.24, 2.45) is 0 Å². The van der Waals surface area contributed by atoms with E-state index in [1.807, 2.05) is 0 Å². The van der Waals surface area contributed by atoms with E-state index in [0.717, 1.165) is 12.8 Å². The zero-order valence-corrected chi connectivity index (χ0v) is 15.9. The Hall–Kier alpha value is -1.41. The standard InChI is InChI=1S/C16H17Cl2N3O3S/c1-11-3-2-4-13(17)15(11)25(22,23)21(12-5-6-12)9-10-24-14-7-8-19-16(18)20-14/h2-4,7-8,12H,5-6,9-10H2,1H3. The SMILES string of the molecule is Cc1cccc(Cl)c1S(=O)(=O)N(CCOc1ccnc(Cl)n1)C1CC1. The zero-order chi connectivity index (χ0) is 18.0. The van der Waals surface area contributed by atoms with E-state index in [1.54, 1.807) is 31.2 Å². The lowest BCUT2D eigenvalue weighted by atomic mass is 10.2. The van der Waals surface area contributed by atoms with Gasteiger partial charge in [0.25, 0.3) is 0 Å². The molecule has 1 aliphatic carbocycles. The molecule has 1 aliphatic rings. The van der Waals surface area contributed by atoms with Gasteiger partial charge in [0, 0.05) is 24.8 Å². The molecule has 25 heavy (non-hydrogen) atoms. The largest absolute Gasteiger partial charge is 0.476 e. The molecule has 1 heterocycles. The predicted molar refractivity (Wildman–Crippen MR) is 95.6 cm³/mol. The second kappa shape index (κ2) is 7.45. The van der Waals surface area contributed by atoms with E-state index in [2.05, 4.69) is 9.97 Å². The minimum Gasteiger partial charge on any atom is -0.476 e. The number of hydrogen-bond acceptors (Lipinski definition) is 5. The summed E-state index contributed by atoms with van der Waals surface area (Å²) < 4.78 is 33.2. The first kappa shape index (κ1) is 18.4. The lowest BCUT2D eigenvalue weighted by Gasteiger charge is -2.23. The van der Waals surface area contributed by atoms with Crippen molar-refractivity contribution in [2.45, 2.75) is 30.7 Å². The van der Waals surface area contributed by atoms with Crippen molar-refractivity contribution in [1.82, 2.24) is 14.3 Å². The van der Waals surface area contributed by atoms with Crippen LogP contribution in [0.3, 0.4) is 0 Å². The number of nitrogens with zero attached hydrogens (tertiary/aromatic N) is 3. The Morgan fingerprint density at radius 1 is 1.28 bits per heavy atom. The van der Waals surface area contributed by atoms with Gasteiger partial charge in [-0.05, 0) is 43.0 Å². The Morgan fingerprint density at radius 2 is 2.04 bits per heavy atom. The molecule has 6 nitrogen and oxygen atoms in total. The molecule has 1 aromatic carbocycles. The molecule has 1 saturated carbocycles. The van der Waals surface area contributed by atoms with Crippen LogP contribution >= 0.6 is 23.2 Å². The van der Waals surface area contributed by atoms with E-state index in [1.165, 1.54) is 10.5 Å². The van der Waals surface area contributed by atoms with Crippen LogP contribution in [-0.4, -0.2) is 41.9 Å². The van der Waals surface area contributed by atoms with Gasteiger partial charge in [-0.15, -0.1) is 0 Å². The summed E-state index contributed by atoms with van der Waals surface area (Å²) in [5, 5.41) is 0.310. The fraction of sp³-hybridized carbons (Fsp3) is 0.375. The Balaban J connectivity index is 1.77. The molecule has 9 heteroatoms. The van der Waals surface area contributed by atoms with Gasteiger partial charge in [0.05, 0.1) is 5.02 Å². The molecule has 0 atom stereocenters. The number of ether oxygens (including phenoxy) is 1. The Morgan fingerprint density at radius 3 is 2.68 bits per heavy atom. The van der Waals surface area contributed by atoms with Crippen molar-refractivity contribution in [2.75, 3.05) is 13.2 Å². The van der Waals surface area contributed by atoms with Crippen molar-refractivity contribution >= 4 is 33.2 Å². The molecule has 0 amide bonds. The number of benzene rings is 1. The van der Waals surface area contributed by atoms with E-state index in [0.29, 0.717) is 11.4 Å². The monoisotopic (exact) mass is 401 g/mol. The molecule has 2 aromatic rings. The number of hydrogen-bond donors (Lipinski definition) is 0. The fourth-order valence-corrected chi connectivity index (χ4v) is 5.16. The van der Waals surface area contributed by atoms with Crippen LogP contribution < -0.4 is 4.74 Å². The highest BCUT2D eigenvalue weighted by Gasteiger charge is 2.39. The molecule has 1 fully saturated rings. The predicted octanol–water partition coefficient (Wildman–Crippen LogP) is 3.32. The summed E-state index contributed by atoms with van der Waals surface area (Å²) in [7, 11) is -3.70. The highest BCUT2D eigenvalue weighted by Crippen LogP contribution is 2.35. The minimum absolute atomic E-state index is 0.0155. The van der Waals surface area contributed by atoms with Gasteiger partial charge >= 0.3 is 0 Å².